The van der Waals surface area contributed by atoms with Crippen molar-refractivity contribution in [1.82, 2.24) is 4.90 Å². The van der Waals surface area contributed by atoms with Gasteiger partial charge in [-0.05, 0) is 24.5 Å². The Labute approximate surface area is 121 Å². The van der Waals surface area contributed by atoms with E-state index in [0.29, 0.717) is 13.0 Å². The first-order chi connectivity index (χ1) is 9.90. The lowest BCUT2D eigenvalue weighted by molar-refractivity contribution is 0.0463. The number of anilines is 1. The number of likely N-dealkylation sites (tertiary alicyclic amines) is 1. The second-order valence-corrected chi connectivity index (χ2v) is 5.18. The number of amides is 2. The number of carboxylic acids is 1. The van der Waals surface area contributed by atoms with Crippen LogP contribution in [0.2, 0.25) is 0 Å². The van der Waals surface area contributed by atoms with Crippen LogP contribution in [0.3, 0.4) is 0 Å². The van der Waals surface area contributed by atoms with Gasteiger partial charge in [0.05, 0.1) is 17.4 Å². The van der Waals surface area contributed by atoms with Crippen molar-refractivity contribution in [3.05, 3.63) is 29.6 Å². The van der Waals surface area contributed by atoms with Crippen molar-refractivity contribution in [2.45, 2.75) is 19.4 Å². The van der Waals surface area contributed by atoms with Crippen LogP contribution in [0.4, 0.5) is 14.9 Å². The van der Waals surface area contributed by atoms with E-state index in [2.05, 4.69) is 5.32 Å². The normalized spacial score (nSPS) is 22.0. The van der Waals surface area contributed by atoms with Gasteiger partial charge < -0.3 is 20.4 Å². The number of para-hydroxylation sites is 1. The maximum absolute atomic E-state index is 13.7. The molecule has 0 aromatic heterocycles. The highest BCUT2D eigenvalue weighted by Gasteiger charge is 2.28. The molecular formula is C14H17FN2O4. The summed E-state index contributed by atoms with van der Waals surface area (Å²) in [5.74, 6) is -2.04. The molecule has 0 aliphatic carbocycles. The molecule has 2 amide bonds. The number of aliphatic hydroxyl groups excluding tert-OH is 1. The van der Waals surface area contributed by atoms with Gasteiger partial charge in [-0.2, -0.15) is 0 Å². The molecule has 1 heterocycles. The van der Waals surface area contributed by atoms with E-state index >= 15 is 0 Å². The smallest absolute Gasteiger partial charge is 0.337 e. The van der Waals surface area contributed by atoms with Crippen LogP contribution < -0.4 is 5.32 Å². The topological polar surface area (TPSA) is 89.9 Å². The van der Waals surface area contributed by atoms with E-state index in [-0.39, 0.29) is 23.7 Å². The monoisotopic (exact) mass is 296 g/mol. The molecule has 114 valence electrons. The molecule has 3 N–H and O–H groups in total. The number of nitrogens with one attached hydrogen (secondary N) is 1. The van der Waals surface area contributed by atoms with E-state index in [4.69, 9.17) is 5.11 Å². The number of halogens is 1. The predicted molar refractivity (Wildman–Crippen MR) is 73.7 cm³/mol. The second kappa shape index (κ2) is 6.09. The average molecular weight is 296 g/mol. The van der Waals surface area contributed by atoms with Crippen LogP contribution in [0.5, 0.6) is 0 Å². The van der Waals surface area contributed by atoms with Gasteiger partial charge in [-0.3, -0.25) is 0 Å². The van der Waals surface area contributed by atoms with E-state index in [0.717, 1.165) is 6.07 Å². The molecule has 2 unspecified atom stereocenters. The number of carbonyl (C=O) groups excluding carboxylic acids is 1. The van der Waals surface area contributed by atoms with Crippen LogP contribution in [0.1, 0.15) is 23.7 Å². The molecule has 1 saturated heterocycles. The van der Waals surface area contributed by atoms with Gasteiger partial charge in [-0.25, -0.2) is 14.0 Å². The number of hydrogen-bond donors (Lipinski definition) is 3. The lowest BCUT2D eigenvalue weighted by Gasteiger charge is -2.34. The van der Waals surface area contributed by atoms with Crippen LogP contribution in [0, 0.1) is 11.7 Å². The highest BCUT2D eigenvalue weighted by atomic mass is 19.1. The molecule has 1 aromatic rings. The van der Waals surface area contributed by atoms with Gasteiger partial charge >= 0.3 is 12.0 Å². The Bertz CT molecular complexity index is 564. The number of rotatable bonds is 2. The minimum atomic E-state index is -1.32. The molecule has 0 spiro atoms. The molecule has 1 aliphatic rings. The highest BCUT2D eigenvalue weighted by Crippen LogP contribution is 2.22. The third-order valence-electron chi connectivity index (χ3n) is 3.68. The SMILES string of the molecule is CC1CCN(C(=O)Nc2c(F)cccc2C(=O)O)CC1O. The number of aliphatic hydroxyl groups is 1. The molecule has 1 aliphatic heterocycles. The lowest BCUT2D eigenvalue weighted by Crippen LogP contribution is -2.47. The standard InChI is InChI=1S/C14H17FN2O4/c1-8-5-6-17(7-11(8)18)14(21)16-12-9(13(19)20)3-2-4-10(12)15/h2-4,8,11,18H,5-7H2,1H3,(H,16,21)(H,19,20). The van der Waals surface area contributed by atoms with Crippen LogP contribution in [0.25, 0.3) is 0 Å². The Kier molecular flexibility index (Phi) is 4.42. The Balaban J connectivity index is 2.15. The van der Waals surface area contributed by atoms with Crippen molar-refractivity contribution in [2.75, 3.05) is 18.4 Å². The second-order valence-electron chi connectivity index (χ2n) is 5.18. The molecule has 7 heteroatoms. The molecule has 21 heavy (non-hydrogen) atoms. The summed E-state index contributed by atoms with van der Waals surface area (Å²) in [6.07, 6.45) is 0.00143. The maximum Gasteiger partial charge on any atom is 0.337 e. The summed E-state index contributed by atoms with van der Waals surface area (Å²) in [6.45, 7) is 2.46. The molecular weight excluding hydrogens is 279 g/mol. The number of urea groups is 1. The molecule has 0 saturated carbocycles. The number of piperidine rings is 1. The first-order valence-electron chi connectivity index (χ1n) is 6.66. The van der Waals surface area contributed by atoms with Crippen LogP contribution in [-0.4, -0.2) is 46.3 Å². The average Bonchev–Trinajstić information content (AvgIpc) is 2.43. The van der Waals surface area contributed by atoms with E-state index < -0.39 is 23.9 Å². The summed E-state index contributed by atoms with van der Waals surface area (Å²) in [5.41, 5.74) is -0.669. The number of β-amino-alcohol motifs (C(OH)–C–C–N with tert-alkyl or cyclic N) is 1. The lowest BCUT2D eigenvalue weighted by atomic mass is 9.96. The number of benzene rings is 1. The van der Waals surface area contributed by atoms with E-state index in [9.17, 15) is 19.1 Å². The summed E-state index contributed by atoms with van der Waals surface area (Å²) >= 11 is 0. The van der Waals surface area contributed by atoms with Gasteiger partial charge in [0.15, 0.2) is 0 Å². The van der Waals surface area contributed by atoms with Gasteiger partial charge in [0, 0.05) is 13.1 Å². The Morgan fingerprint density at radius 1 is 1.43 bits per heavy atom. The van der Waals surface area contributed by atoms with Crippen molar-refractivity contribution in [2.24, 2.45) is 5.92 Å². The minimum absolute atomic E-state index is 0.0945. The quantitative estimate of drug-likeness (QED) is 0.775. The fourth-order valence-corrected chi connectivity index (χ4v) is 2.25. The minimum Gasteiger partial charge on any atom is -0.478 e. The predicted octanol–water partition coefficient (Wildman–Crippen LogP) is 1.76. The molecule has 6 nitrogen and oxygen atoms in total. The molecule has 0 radical (unpaired) electrons. The third-order valence-corrected chi connectivity index (χ3v) is 3.68. The molecule has 0 bridgehead atoms. The van der Waals surface area contributed by atoms with Crippen LogP contribution >= 0.6 is 0 Å². The van der Waals surface area contributed by atoms with Gasteiger partial charge in [0.1, 0.15) is 5.82 Å². The van der Waals surface area contributed by atoms with Crippen molar-refractivity contribution in [3.63, 3.8) is 0 Å². The summed E-state index contributed by atoms with van der Waals surface area (Å²) in [5, 5.41) is 21.1. The van der Waals surface area contributed by atoms with Crippen molar-refractivity contribution in [3.8, 4) is 0 Å². The first-order valence-corrected chi connectivity index (χ1v) is 6.66. The van der Waals surface area contributed by atoms with E-state index in [1.54, 1.807) is 0 Å². The number of aromatic carboxylic acids is 1. The van der Waals surface area contributed by atoms with E-state index in [1.807, 2.05) is 6.92 Å². The summed E-state index contributed by atoms with van der Waals surface area (Å²) in [4.78, 5) is 24.5. The van der Waals surface area contributed by atoms with Crippen molar-refractivity contribution in [1.29, 1.82) is 0 Å². The largest absolute Gasteiger partial charge is 0.478 e. The molecule has 1 fully saturated rings. The van der Waals surface area contributed by atoms with Gasteiger partial charge in [0.2, 0.25) is 0 Å². The molecule has 2 rings (SSSR count). The first kappa shape index (κ1) is 15.2. The zero-order chi connectivity index (χ0) is 15.6. The summed E-state index contributed by atoms with van der Waals surface area (Å²) < 4.78 is 13.7. The number of carboxylic acid groups (broad SMARTS) is 1. The van der Waals surface area contributed by atoms with E-state index in [1.165, 1.54) is 17.0 Å². The van der Waals surface area contributed by atoms with Gasteiger partial charge in [0.25, 0.3) is 0 Å². The van der Waals surface area contributed by atoms with Gasteiger partial charge in [-0.1, -0.05) is 13.0 Å². The third kappa shape index (κ3) is 3.30. The van der Waals surface area contributed by atoms with Crippen LogP contribution in [0.15, 0.2) is 18.2 Å². The zero-order valence-electron chi connectivity index (χ0n) is 11.5. The Hall–Kier alpha value is -2.15. The summed E-state index contributed by atoms with van der Waals surface area (Å²) in [7, 11) is 0. The number of carbonyl (C=O) groups is 2. The highest BCUT2D eigenvalue weighted by molar-refractivity contribution is 6.00. The van der Waals surface area contributed by atoms with Crippen molar-refractivity contribution < 1.29 is 24.2 Å². The number of nitrogens with zero attached hydrogens (tertiary/aromatic N) is 1. The fourth-order valence-electron chi connectivity index (χ4n) is 2.25. The summed E-state index contributed by atoms with van der Waals surface area (Å²) in [6, 6.07) is 2.94. The van der Waals surface area contributed by atoms with Crippen molar-refractivity contribution >= 4 is 17.7 Å². The van der Waals surface area contributed by atoms with Crippen LogP contribution in [-0.2, 0) is 0 Å². The number of hydrogen-bond acceptors (Lipinski definition) is 3. The Morgan fingerprint density at radius 3 is 2.76 bits per heavy atom. The maximum atomic E-state index is 13.7. The Morgan fingerprint density at radius 2 is 2.14 bits per heavy atom. The van der Waals surface area contributed by atoms with Gasteiger partial charge in [-0.15, -0.1) is 0 Å². The molecule has 1 aromatic carbocycles. The fraction of sp³-hybridized carbons (Fsp3) is 0.429. The molecule has 2 atom stereocenters. The zero-order valence-corrected chi connectivity index (χ0v) is 11.5.